The number of nitrogens with zero attached hydrogens (tertiary/aromatic N) is 4. The van der Waals surface area contributed by atoms with Crippen LogP contribution in [0.1, 0.15) is 6.92 Å². The van der Waals surface area contributed by atoms with Crippen LogP contribution in [0.4, 0.5) is 11.9 Å². The average Bonchev–Trinajstić information content (AvgIpc) is 2.54. The lowest BCUT2D eigenvalue weighted by atomic mass is 10.5. The molecule has 0 aromatic carbocycles. The van der Waals surface area contributed by atoms with Gasteiger partial charge in [0.05, 0.1) is 6.20 Å². The van der Waals surface area contributed by atoms with Gasteiger partial charge in [0.15, 0.2) is 5.65 Å². The van der Waals surface area contributed by atoms with Crippen molar-refractivity contribution in [1.29, 1.82) is 0 Å². The monoisotopic (exact) mass is 192 g/mol. The molecule has 0 bridgehead atoms. The molecule has 0 aliphatic heterocycles. The van der Waals surface area contributed by atoms with E-state index in [0.717, 1.165) is 23.7 Å². The van der Waals surface area contributed by atoms with Gasteiger partial charge in [-0.1, -0.05) is 0 Å². The Morgan fingerprint density at radius 3 is 2.93 bits per heavy atom. The quantitative estimate of drug-likeness (QED) is 0.722. The highest BCUT2D eigenvalue weighted by Crippen LogP contribution is 2.16. The molecule has 14 heavy (non-hydrogen) atoms. The van der Waals surface area contributed by atoms with Crippen LogP contribution >= 0.6 is 0 Å². The second kappa shape index (κ2) is 3.13. The molecular formula is C8H12N6. The maximum absolute atomic E-state index is 5.51. The van der Waals surface area contributed by atoms with Crippen LogP contribution in [0.25, 0.3) is 11.2 Å². The Balaban J connectivity index is 2.74. The lowest BCUT2D eigenvalue weighted by Gasteiger charge is -2.02. The highest BCUT2D eigenvalue weighted by atomic mass is 15.2. The first-order valence-corrected chi connectivity index (χ1v) is 4.42. The molecule has 0 aliphatic rings. The van der Waals surface area contributed by atoms with Gasteiger partial charge in [0, 0.05) is 13.6 Å². The van der Waals surface area contributed by atoms with Crippen LogP contribution < -0.4 is 11.1 Å². The van der Waals surface area contributed by atoms with Gasteiger partial charge in [-0.2, -0.15) is 4.98 Å². The van der Waals surface area contributed by atoms with Gasteiger partial charge < -0.3 is 11.1 Å². The summed E-state index contributed by atoms with van der Waals surface area (Å²) in [6, 6.07) is 0. The molecule has 6 nitrogen and oxygen atoms in total. The van der Waals surface area contributed by atoms with Crippen molar-refractivity contribution in [1.82, 2.24) is 19.5 Å². The van der Waals surface area contributed by atoms with Crippen LogP contribution in [0, 0.1) is 0 Å². The highest BCUT2D eigenvalue weighted by Gasteiger charge is 2.09. The Morgan fingerprint density at radius 2 is 2.29 bits per heavy atom. The first kappa shape index (κ1) is 8.74. The zero-order valence-corrected chi connectivity index (χ0v) is 8.15. The van der Waals surface area contributed by atoms with Crippen molar-refractivity contribution in [3.05, 3.63) is 6.20 Å². The molecule has 2 rings (SSSR count). The molecule has 0 spiro atoms. The standard InChI is InChI=1S/C8H12N6/c1-3-14-6-5(12-8(14)10-2)4-11-7(9)13-6/h4H,3H2,1-2H3,(H,10,12)(H2,9,11,13). The number of nitrogen functional groups attached to an aromatic ring is 1. The predicted molar refractivity (Wildman–Crippen MR) is 55.0 cm³/mol. The van der Waals surface area contributed by atoms with Crippen molar-refractivity contribution in [3.8, 4) is 0 Å². The zero-order valence-electron chi connectivity index (χ0n) is 8.15. The summed E-state index contributed by atoms with van der Waals surface area (Å²) in [6.07, 6.45) is 1.63. The summed E-state index contributed by atoms with van der Waals surface area (Å²) in [5.74, 6) is 1.05. The van der Waals surface area contributed by atoms with E-state index in [4.69, 9.17) is 5.73 Å². The summed E-state index contributed by atoms with van der Waals surface area (Å²) in [7, 11) is 1.82. The maximum atomic E-state index is 5.51. The zero-order chi connectivity index (χ0) is 10.1. The van der Waals surface area contributed by atoms with Crippen LogP contribution in [-0.4, -0.2) is 26.6 Å². The number of hydrogen-bond donors (Lipinski definition) is 2. The summed E-state index contributed by atoms with van der Waals surface area (Å²) in [5.41, 5.74) is 7.04. The lowest BCUT2D eigenvalue weighted by Crippen LogP contribution is -2.03. The fraction of sp³-hybridized carbons (Fsp3) is 0.375. The number of rotatable bonds is 2. The van der Waals surface area contributed by atoms with Crippen LogP contribution in [0.15, 0.2) is 6.20 Å². The molecule has 3 N–H and O–H groups in total. The Morgan fingerprint density at radius 1 is 1.50 bits per heavy atom. The number of imidazole rings is 1. The third-order valence-corrected chi connectivity index (χ3v) is 2.05. The molecule has 0 saturated carbocycles. The van der Waals surface area contributed by atoms with Gasteiger partial charge in [-0.15, -0.1) is 0 Å². The fourth-order valence-corrected chi connectivity index (χ4v) is 1.42. The second-order valence-electron chi connectivity index (χ2n) is 2.87. The molecule has 0 unspecified atom stereocenters. The minimum absolute atomic E-state index is 0.273. The van der Waals surface area contributed by atoms with E-state index in [9.17, 15) is 0 Å². The lowest BCUT2D eigenvalue weighted by molar-refractivity contribution is 0.785. The van der Waals surface area contributed by atoms with Crippen molar-refractivity contribution in [2.45, 2.75) is 13.5 Å². The Labute approximate surface area is 81.2 Å². The summed E-state index contributed by atoms with van der Waals surface area (Å²) in [6.45, 7) is 2.82. The van der Waals surface area contributed by atoms with Gasteiger partial charge in [0.25, 0.3) is 0 Å². The van der Waals surface area contributed by atoms with E-state index in [1.165, 1.54) is 0 Å². The summed E-state index contributed by atoms with van der Waals surface area (Å²) in [4.78, 5) is 12.3. The second-order valence-corrected chi connectivity index (χ2v) is 2.87. The van der Waals surface area contributed by atoms with Gasteiger partial charge in [0.2, 0.25) is 11.9 Å². The topological polar surface area (TPSA) is 81.7 Å². The number of aryl methyl sites for hydroxylation is 1. The smallest absolute Gasteiger partial charge is 0.222 e. The van der Waals surface area contributed by atoms with E-state index < -0.39 is 0 Å². The Kier molecular flexibility index (Phi) is 1.95. The van der Waals surface area contributed by atoms with Crippen molar-refractivity contribution in [2.75, 3.05) is 18.1 Å². The maximum Gasteiger partial charge on any atom is 0.222 e. The summed E-state index contributed by atoms with van der Waals surface area (Å²) < 4.78 is 1.95. The molecule has 0 atom stereocenters. The van der Waals surface area contributed by atoms with Gasteiger partial charge in [0.1, 0.15) is 5.52 Å². The van der Waals surface area contributed by atoms with E-state index in [1.807, 2.05) is 18.5 Å². The van der Waals surface area contributed by atoms with Crippen molar-refractivity contribution in [3.63, 3.8) is 0 Å². The number of hydrogen-bond acceptors (Lipinski definition) is 5. The summed E-state index contributed by atoms with van der Waals surface area (Å²) in [5, 5.41) is 3.00. The molecule has 2 heterocycles. The molecule has 0 aliphatic carbocycles. The summed E-state index contributed by atoms with van der Waals surface area (Å²) >= 11 is 0. The number of nitrogens with one attached hydrogen (secondary N) is 1. The van der Waals surface area contributed by atoms with Gasteiger partial charge >= 0.3 is 0 Å². The van der Waals surface area contributed by atoms with E-state index in [1.54, 1.807) is 6.20 Å². The van der Waals surface area contributed by atoms with Crippen LogP contribution in [0.3, 0.4) is 0 Å². The first-order chi connectivity index (χ1) is 6.76. The van der Waals surface area contributed by atoms with Crippen LogP contribution in [0.2, 0.25) is 0 Å². The number of fused-ring (bicyclic) bond motifs is 1. The molecule has 2 aromatic heterocycles. The molecule has 0 saturated heterocycles. The third kappa shape index (κ3) is 1.15. The Hall–Kier alpha value is -1.85. The van der Waals surface area contributed by atoms with E-state index in [0.29, 0.717) is 0 Å². The predicted octanol–water partition coefficient (Wildman–Crippen LogP) is 0.470. The van der Waals surface area contributed by atoms with Gasteiger partial charge in [-0.25, -0.2) is 9.97 Å². The third-order valence-electron chi connectivity index (χ3n) is 2.05. The molecule has 0 amide bonds. The average molecular weight is 192 g/mol. The largest absolute Gasteiger partial charge is 0.368 e. The number of anilines is 2. The fourth-order valence-electron chi connectivity index (χ4n) is 1.42. The van der Waals surface area contributed by atoms with Crippen LogP contribution in [-0.2, 0) is 6.54 Å². The van der Waals surface area contributed by atoms with E-state index in [2.05, 4.69) is 20.3 Å². The molecule has 6 heteroatoms. The molecule has 0 radical (unpaired) electrons. The normalized spacial score (nSPS) is 10.7. The minimum Gasteiger partial charge on any atom is -0.368 e. The van der Waals surface area contributed by atoms with E-state index in [-0.39, 0.29) is 5.95 Å². The number of aromatic nitrogens is 4. The van der Waals surface area contributed by atoms with Crippen molar-refractivity contribution in [2.24, 2.45) is 0 Å². The minimum atomic E-state index is 0.273. The molecule has 74 valence electrons. The highest BCUT2D eigenvalue weighted by molar-refractivity contribution is 5.74. The molecular weight excluding hydrogens is 180 g/mol. The molecule has 0 fully saturated rings. The van der Waals surface area contributed by atoms with Crippen molar-refractivity contribution >= 4 is 23.1 Å². The van der Waals surface area contributed by atoms with E-state index >= 15 is 0 Å². The first-order valence-electron chi connectivity index (χ1n) is 4.42. The van der Waals surface area contributed by atoms with Crippen molar-refractivity contribution < 1.29 is 0 Å². The Bertz CT molecular complexity index is 460. The number of nitrogens with two attached hydrogens (primary N) is 1. The van der Waals surface area contributed by atoms with Gasteiger partial charge in [-0.05, 0) is 6.92 Å². The van der Waals surface area contributed by atoms with Gasteiger partial charge in [-0.3, -0.25) is 4.57 Å². The van der Waals surface area contributed by atoms with Crippen LogP contribution in [0.5, 0.6) is 0 Å². The molecule has 2 aromatic rings. The SMILES string of the molecule is CCn1c(NC)nc2cnc(N)nc21.